The summed E-state index contributed by atoms with van der Waals surface area (Å²) in [5.74, 6) is 1.97. The van der Waals surface area contributed by atoms with Crippen molar-refractivity contribution >= 4 is 0 Å². The summed E-state index contributed by atoms with van der Waals surface area (Å²) >= 11 is 0. The Morgan fingerprint density at radius 3 is 2.86 bits per heavy atom. The highest BCUT2D eigenvalue weighted by atomic mass is 16.4. The van der Waals surface area contributed by atoms with Crippen LogP contribution >= 0.6 is 0 Å². The molecule has 0 saturated heterocycles. The van der Waals surface area contributed by atoms with Gasteiger partial charge in [-0.15, -0.1) is 0 Å². The number of nitrogens with zero attached hydrogens (tertiary/aromatic N) is 3. The molecule has 2 atom stereocenters. The van der Waals surface area contributed by atoms with Gasteiger partial charge in [0.1, 0.15) is 5.76 Å². The minimum atomic E-state index is 0.253. The third-order valence-electron chi connectivity index (χ3n) is 3.88. The van der Waals surface area contributed by atoms with Gasteiger partial charge in [0.05, 0.1) is 18.0 Å². The molecule has 0 saturated carbocycles. The van der Waals surface area contributed by atoms with Gasteiger partial charge in [-0.05, 0) is 39.0 Å². The Kier molecular flexibility index (Phi) is 4.11. The number of oxazole rings is 1. The molecular weight excluding hydrogens is 280 g/mol. The molecule has 6 nitrogen and oxygen atoms in total. The lowest BCUT2D eigenvalue weighted by molar-refractivity contribution is 0.363. The molecule has 0 amide bonds. The maximum absolute atomic E-state index is 5.66. The highest BCUT2D eigenvalue weighted by Gasteiger charge is 2.17. The first-order valence-electron chi connectivity index (χ1n) is 7.38. The summed E-state index contributed by atoms with van der Waals surface area (Å²) in [4.78, 5) is 4.50. The average molecular weight is 300 g/mol. The minimum Gasteiger partial charge on any atom is -0.459 e. The molecule has 0 aromatic carbocycles. The van der Waals surface area contributed by atoms with Gasteiger partial charge in [-0.1, -0.05) is 0 Å². The van der Waals surface area contributed by atoms with E-state index in [9.17, 15) is 0 Å². The summed E-state index contributed by atoms with van der Waals surface area (Å²) in [6.45, 7) is 6.82. The van der Waals surface area contributed by atoms with Gasteiger partial charge in [-0.3, -0.25) is 4.68 Å². The zero-order valence-corrected chi connectivity index (χ0v) is 13.0. The molecule has 3 rings (SSSR count). The van der Waals surface area contributed by atoms with Crippen LogP contribution in [0, 0.1) is 6.92 Å². The van der Waals surface area contributed by atoms with E-state index < -0.39 is 0 Å². The Bertz CT molecular complexity index is 701. The van der Waals surface area contributed by atoms with Crippen molar-refractivity contribution in [2.24, 2.45) is 0 Å². The SMILES string of the molecule is Cc1oc(-c2ccco2)nc1CNC(C)C(C)n1cccn1. The monoisotopic (exact) mass is 300 g/mol. The van der Waals surface area contributed by atoms with Crippen molar-refractivity contribution < 1.29 is 8.83 Å². The molecule has 0 bridgehead atoms. The van der Waals surface area contributed by atoms with E-state index in [-0.39, 0.29) is 12.1 Å². The topological polar surface area (TPSA) is 69.0 Å². The van der Waals surface area contributed by atoms with Crippen molar-refractivity contribution in [3.8, 4) is 11.7 Å². The molecule has 3 aromatic rings. The van der Waals surface area contributed by atoms with E-state index in [2.05, 4.69) is 29.2 Å². The summed E-state index contributed by atoms with van der Waals surface area (Å²) in [6, 6.07) is 6.10. The lowest BCUT2D eigenvalue weighted by Gasteiger charge is -2.21. The Labute approximate surface area is 129 Å². The van der Waals surface area contributed by atoms with E-state index in [0.29, 0.717) is 18.2 Å². The molecule has 0 aliphatic carbocycles. The zero-order valence-electron chi connectivity index (χ0n) is 13.0. The van der Waals surface area contributed by atoms with Gasteiger partial charge in [0, 0.05) is 25.0 Å². The summed E-state index contributed by atoms with van der Waals surface area (Å²) < 4.78 is 12.9. The third-order valence-corrected chi connectivity index (χ3v) is 3.88. The van der Waals surface area contributed by atoms with E-state index in [1.807, 2.05) is 36.0 Å². The number of nitrogens with one attached hydrogen (secondary N) is 1. The van der Waals surface area contributed by atoms with Gasteiger partial charge in [0.25, 0.3) is 5.89 Å². The quantitative estimate of drug-likeness (QED) is 0.757. The second-order valence-electron chi connectivity index (χ2n) is 5.40. The van der Waals surface area contributed by atoms with Crippen molar-refractivity contribution in [2.45, 2.75) is 39.4 Å². The van der Waals surface area contributed by atoms with Crippen LogP contribution in [-0.4, -0.2) is 20.8 Å². The molecule has 1 N–H and O–H groups in total. The van der Waals surface area contributed by atoms with Crippen LogP contribution in [0.4, 0.5) is 0 Å². The van der Waals surface area contributed by atoms with Crippen LogP contribution in [0.5, 0.6) is 0 Å². The summed E-state index contributed by atoms with van der Waals surface area (Å²) in [7, 11) is 0. The van der Waals surface area contributed by atoms with E-state index in [1.165, 1.54) is 0 Å². The molecule has 0 aliphatic rings. The van der Waals surface area contributed by atoms with Gasteiger partial charge in [-0.25, -0.2) is 4.98 Å². The second-order valence-corrected chi connectivity index (χ2v) is 5.40. The Balaban J connectivity index is 1.64. The van der Waals surface area contributed by atoms with Crippen LogP contribution in [0.3, 0.4) is 0 Å². The van der Waals surface area contributed by atoms with Crippen LogP contribution in [0.15, 0.2) is 45.7 Å². The van der Waals surface area contributed by atoms with Gasteiger partial charge in [0.2, 0.25) is 0 Å². The van der Waals surface area contributed by atoms with Crippen molar-refractivity contribution in [1.29, 1.82) is 0 Å². The molecule has 3 heterocycles. The Morgan fingerprint density at radius 1 is 1.32 bits per heavy atom. The number of furan rings is 1. The third kappa shape index (κ3) is 2.96. The van der Waals surface area contributed by atoms with Crippen LogP contribution in [0.25, 0.3) is 11.7 Å². The smallest absolute Gasteiger partial charge is 0.263 e. The number of hydrogen-bond donors (Lipinski definition) is 1. The van der Waals surface area contributed by atoms with Gasteiger partial charge in [-0.2, -0.15) is 5.10 Å². The summed E-state index contributed by atoms with van der Waals surface area (Å²) in [5.41, 5.74) is 0.894. The molecule has 0 aliphatic heterocycles. The van der Waals surface area contributed by atoms with E-state index >= 15 is 0 Å². The molecular formula is C16H20N4O2. The van der Waals surface area contributed by atoms with Crippen molar-refractivity contribution in [3.63, 3.8) is 0 Å². The molecule has 22 heavy (non-hydrogen) atoms. The highest BCUT2D eigenvalue weighted by molar-refractivity contribution is 5.44. The first-order chi connectivity index (χ1) is 10.6. The fraction of sp³-hybridized carbons (Fsp3) is 0.375. The number of aryl methyl sites for hydroxylation is 1. The minimum absolute atomic E-state index is 0.253. The Morgan fingerprint density at radius 2 is 2.18 bits per heavy atom. The van der Waals surface area contributed by atoms with Crippen molar-refractivity contribution in [3.05, 3.63) is 48.3 Å². The maximum atomic E-state index is 5.66. The second kappa shape index (κ2) is 6.19. The Hall–Kier alpha value is -2.34. The number of rotatable bonds is 6. The first-order valence-corrected chi connectivity index (χ1v) is 7.38. The number of hydrogen-bond acceptors (Lipinski definition) is 5. The molecule has 3 aromatic heterocycles. The predicted molar refractivity (Wildman–Crippen MR) is 82.2 cm³/mol. The largest absolute Gasteiger partial charge is 0.459 e. The van der Waals surface area contributed by atoms with Gasteiger partial charge in [0.15, 0.2) is 5.76 Å². The maximum Gasteiger partial charge on any atom is 0.263 e. The molecule has 6 heteroatoms. The van der Waals surface area contributed by atoms with E-state index in [4.69, 9.17) is 8.83 Å². The fourth-order valence-electron chi connectivity index (χ4n) is 2.28. The summed E-state index contributed by atoms with van der Waals surface area (Å²) in [6.07, 6.45) is 5.38. The van der Waals surface area contributed by atoms with Crippen LogP contribution in [-0.2, 0) is 6.54 Å². The lowest BCUT2D eigenvalue weighted by atomic mass is 10.1. The van der Waals surface area contributed by atoms with Crippen LogP contribution in [0.2, 0.25) is 0 Å². The highest BCUT2D eigenvalue weighted by Crippen LogP contribution is 2.22. The molecule has 116 valence electrons. The molecule has 0 radical (unpaired) electrons. The zero-order chi connectivity index (χ0) is 15.5. The molecule has 0 fully saturated rings. The first kappa shape index (κ1) is 14.6. The number of aromatic nitrogens is 3. The fourth-order valence-corrected chi connectivity index (χ4v) is 2.28. The van der Waals surface area contributed by atoms with Crippen molar-refractivity contribution in [1.82, 2.24) is 20.1 Å². The van der Waals surface area contributed by atoms with Gasteiger partial charge >= 0.3 is 0 Å². The van der Waals surface area contributed by atoms with E-state index in [0.717, 1.165) is 11.5 Å². The molecule has 0 spiro atoms. The molecule has 2 unspecified atom stereocenters. The van der Waals surface area contributed by atoms with Crippen molar-refractivity contribution in [2.75, 3.05) is 0 Å². The van der Waals surface area contributed by atoms with Gasteiger partial charge < -0.3 is 14.2 Å². The van der Waals surface area contributed by atoms with Crippen LogP contribution < -0.4 is 5.32 Å². The van der Waals surface area contributed by atoms with Crippen LogP contribution in [0.1, 0.15) is 31.3 Å². The summed E-state index contributed by atoms with van der Waals surface area (Å²) in [5, 5.41) is 7.75. The standard InChI is InChI=1S/C16H20N4O2/c1-11(12(2)20-8-5-7-18-20)17-10-14-13(3)22-16(19-14)15-6-4-9-21-15/h4-9,11-12,17H,10H2,1-3H3. The predicted octanol–water partition coefficient (Wildman–Crippen LogP) is 3.18. The normalized spacial score (nSPS) is 14.1. The average Bonchev–Trinajstić information content (AvgIpc) is 3.25. The van der Waals surface area contributed by atoms with E-state index in [1.54, 1.807) is 12.5 Å². The lowest BCUT2D eigenvalue weighted by Crippen LogP contribution is -2.33.